The van der Waals surface area contributed by atoms with Crippen molar-refractivity contribution in [2.24, 2.45) is 5.92 Å². The first-order chi connectivity index (χ1) is 10.2. The Kier molecular flexibility index (Phi) is 4.61. The van der Waals surface area contributed by atoms with Gasteiger partial charge in [0.2, 0.25) is 0 Å². The van der Waals surface area contributed by atoms with E-state index in [1.807, 2.05) is 0 Å². The first-order valence-corrected chi connectivity index (χ1v) is 8.70. The summed E-state index contributed by atoms with van der Waals surface area (Å²) in [6.45, 7) is 4.78. The molecule has 1 aromatic carbocycles. The van der Waals surface area contributed by atoms with Crippen molar-refractivity contribution in [1.29, 1.82) is 0 Å². The molecule has 2 atom stereocenters. The van der Waals surface area contributed by atoms with Gasteiger partial charge in [0.15, 0.2) is 0 Å². The molecule has 0 spiro atoms. The predicted molar refractivity (Wildman–Crippen MR) is 93.1 cm³/mol. The molecule has 1 aliphatic heterocycles. The predicted octanol–water partition coefficient (Wildman–Crippen LogP) is 4.56. The summed E-state index contributed by atoms with van der Waals surface area (Å²) in [5.41, 5.74) is 2.59. The van der Waals surface area contributed by atoms with E-state index in [4.69, 9.17) is 0 Å². The van der Waals surface area contributed by atoms with E-state index in [9.17, 15) is 0 Å². The van der Waals surface area contributed by atoms with Gasteiger partial charge in [0.25, 0.3) is 0 Å². The average molecular weight is 300 g/mol. The summed E-state index contributed by atoms with van der Waals surface area (Å²) in [6.07, 6.45) is 2.65. The van der Waals surface area contributed by atoms with Crippen LogP contribution in [-0.2, 0) is 0 Å². The lowest BCUT2D eigenvalue weighted by Gasteiger charge is -2.34. The standard InChI is InChI=1S/C18H24N2S/c1-14(15-7-5-11-20(2)13-15)19-17-9-4-3-8-16(17)18-10-6-12-21-18/h3-4,6,8-10,12,14-15,19H,5,7,11,13H2,1-2H3. The maximum atomic E-state index is 3.77. The first kappa shape index (κ1) is 14.6. The van der Waals surface area contributed by atoms with Gasteiger partial charge in [-0.3, -0.25) is 0 Å². The molecular weight excluding hydrogens is 276 g/mol. The third-order valence-electron chi connectivity index (χ3n) is 4.46. The van der Waals surface area contributed by atoms with Crippen LogP contribution in [0.1, 0.15) is 19.8 Å². The van der Waals surface area contributed by atoms with Crippen LogP contribution in [0.15, 0.2) is 41.8 Å². The lowest BCUT2D eigenvalue weighted by molar-refractivity contribution is 0.197. The van der Waals surface area contributed by atoms with Crippen LogP contribution in [0.2, 0.25) is 0 Å². The topological polar surface area (TPSA) is 15.3 Å². The molecule has 0 aliphatic carbocycles. The molecule has 0 radical (unpaired) electrons. The molecule has 0 saturated carbocycles. The van der Waals surface area contributed by atoms with Crippen molar-refractivity contribution in [3.8, 4) is 10.4 Å². The molecule has 2 unspecified atom stereocenters. The summed E-state index contributed by atoms with van der Waals surface area (Å²) in [5.74, 6) is 0.736. The van der Waals surface area contributed by atoms with Gasteiger partial charge >= 0.3 is 0 Å². The Morgan fingerprint density at radius 3 is 2.86 bits per heavy atom. The van der Waals surface area contributed by atoms with Crippen molar-refractivity contribution in [2.45, 2.75) is 25.8 Å². The smallest absolute Gasteiger partial charge is 0.0430 e. The Hall–Kier alpha value is -1.32. The molecule has 1 aromatic heterocycles. The van der Waals surface area contributed by atoms with Gasteiger partial charge in [-0.15, -0.1) is 11.3 Å². The van der Waals surface area contributed by atoms with Gasteiger partial charge in [0.05, 0.1) is 0 Å². The lowest BCUT2D eigenvalue weighted by atomic mass is 9.91. The number of nitrogens with one attached hydrogen (secondary N) is 1. The zero-order valence-corrected chi connectivity index (χ0v) is 13.7. The van der Waals surface area contributed by atoms with Crippen molar-refractivity contribution < 1.29 is 0 Å². The Morgan fingerprint density at radius 1 is 1.24 bits per heavy atom. The molecule has 1 aliphatic rings. The zero-order chi connectivity index (χ0) is 14.7. The molecule has 21 heavy (non-hydrogen) atoms. The van der Waals surface area contributed by atoms with Crippen molar-refractivity contribution in [2.75, 3.05) is 25.5 Å². The normalized spacial score (nSPS) is 21.1. The summed E-state index contributed by atoms with van der Waals surface area (Å²) in [7, 11) is 2.23. The molecule has 1 fully saturated rings. The number of para-hydroxylation sites is 1. The van der Waals surface area contributed by atoms with E-state index in [1.165, 1.54) is 42.1 Å². The number of rotatable bonds is 4. The van der Waals surface area contributed by atoms with Crippen LogP contribution in [0.4, 0.5) is 5.69 Å². The van der Waals surface area contributed by atoms with Gasteiger partial charge in [-0.25, -0.2) is 0 Å². The number of thiophene rings is 1. The summed E-state index contributed by atoms with van der Waals surface area (Å²) in [6, 6.07) is 13.5. The molecule has 0 bridgehead atoms. The average Bonchev–Trinajstić information content (AvgIpc) is 3.02. The minimum absolute atomic E-state index is 0.508. The van der Waals surface area contributed by atoms with Crippen LogP contribution in [0.25, 0.3) is 10.4 Å². The number of hydrogen-bond donors (Lipinski definition) is 1. The zero-order valence-electron chi connectivity index (χ0n) is 12.9. The van der Waals surface area contributed by atoms with Crippen LogP contribution < -0.4 is 5.32 Å². The minimum atomic E-state index is 0.508. The van der Waals surface area contributed by atoms with Crippen LogP contribution in [0, 0.1) is 5.92 Å². The Bertz CT molecular complexity index is 564. The highest BCUT2D eigenvalue weighted by Gasteiger charge is 2.23. The fourth-order valence-electron chi connectivity index (χ4n) is 3.23. The Labute approximate surface area is 131 Å². The van der Waals surface area contributed by atoms with E-state index in [1.54, 1.807) is 11.3 Å². The summed E-state index contributed by atoms with van der Waals surface area (Å²) >= 11 is 1.81. The van der Waals surface area contributed by atoms with Crippen LogP contribution >= 0.6 is 11.3 Å². The van der Waals surface area contributed by atoms with E-state index >= 15 is 0 Å². The SMILES string of the molecule is CC(Nc1ccccc1-c1cccs1)C1CCCN(C)C1. The highest BCUT2D eigenvalue weighted by atomic mass is 32.1. The second-order valence-corrected chi connectivity index (χ2v) is 7.07. The Balaban J connectivity index is 1.75. The highest BCUT2D eigenvalue weighted by molar-refractivity contribution is 7.13. The minimum Gasteiger partial charge on any atom is -0.382 e. The molecule has 3 rings (SSSR count). The van der Waals surface area contributed by atoms with Crippen LogP contribution in [0.3, 0.4) is 0 Å². The van der Waals surface area contributed by atoms with E-state index < -0.39 is 0 Å². The van der Waals surface area contributed by atoms with E-state index in [0.717, 1.165) is 5.92 Å². The summed E-state index contributed by atoms with van der Waals surface area (Å²) in [5, 5.41) is 5.91. The van der Waals surface area contributed by atoms with E-state index in [2.05, 4.69) is 66.0 Å². The monoisotopic (exact) mass is 300 g/mol. The summed E-state index contributed by atoms with van der Waals surface area (Å²) < 4.78 is 0. The molecule has 1 saturated heterocycles. The van der Waals surface area contributed by atoms with Crippen molar-refractivity contribution in [3.63, 3.8) is 0 Å². The number of benzene rings is 1. The number of anilines is 1. The van der Waals surface area contributed by atoms with Crippen molar-refractivity contribution in [1.82, 2.24) is 4.90 Å². The van der Waals surface area contributed by atoms with Gasteiger partial charge in [-0.05, 0) is 56.8 Å². The van der Waals surface area contributed by atoms with Crippen LogP contribution in [0.5, 0.6) is 0 Å². The molecule has 2 heterocycles. The Morgan fingerprint density at radius 2 is 2.10 bits per heavy atom. The number of likely N-dealkylation sites (tertiary alicyclic amines) is 1. The van der Waals surface area contributed by atoms with Gasteiger partial charge < -0.3 is 10.2 Å². The molecule has 2 nitrogen and oxygen atoms in total. The fourth-order valence-corrected chi connectivity index (χ4v) is 4.00. The second kappa shape index (κ2) is 6.63. The lowest BCUT2D eigenvalue weighted by Crippen LogP contribution is -2.39. The summed E-state index contributed by atoms with van der Waals surface area (Å²) in [4.78, 5) is 3.79. The third kappa shape index (κ3) is 3.47. The maximum absolute atomic E-state index is 3.77. The quantitative estimate of drug-likeness (QED) is 0.890. The van der Waals surface area contributed by atoms with Gasteiger partial charge in [-0.1, -0.05) is 24.3 Å². The first-order valence-electron chi connectivity index (χ1n) is 7.82. The molecule has 112 valence electrons. The van der Waals surface area contributed by atoms with Gasteiger partial charge in [0.1, 0.15) is 0 Å². The maximum Gasteiger partial charge on any atom is 0.0430 e. The van der Waals surface area contributed by atoms with Gasteiger partial charge in [-0.2, -0.15) is 0 Å². The molecule has 3 heteroatoms. The third-order valence-corrected chi connectivity index (χ3v) is 5.37. The fraction of sp³-hybridized carbons (Fsp3) is 0.444. The molecule has 2 aromatic rings. The molecule has 0 amide bonds. The molecular formula is C18H24N2S. The van der Waals surface area contributed by atoms with Crippen LogP contribution in [-0.4, -0.2) is 31.1 Å². The van der Waals surface area contributed by atoms with E-state index in [0.29, 0.717) is 6.04 Å². The largest absolute Gasteiger partial charge is 0.382 e. The number of nitrogens with zero attached hydrogens (tertiary/aromatic N) is 1. The van der Waals surface area contributed by atoms with E-state index in [-0.39, 0.29) is 0 Å². The number of piperidine rings is 1. The second-order valence-electron chi connectivity index (χ2n) is 6.12. The van der Waals surface area contributed by atoms with Crippen molar-refractivity contribution in [3.05, 3.63) is 41.8 Å². The molecule has 1 N–H and O–H groups in total. The van der Waals surface area contributed by atoms with Gasteiger partial charge in [0, 0.05) is 28.7 Å². The highest BCUT2D eigenvalue weighted by Crippen LogP contribution is 2.32. The van der Waals surface area contributed by atoms with Crippen molar-refractivity contribution >= 4 is 17.0 Å². The number of hydrogen-bond acceptors (Lipinski definition) is 3.